The van der Waals surface area contributed by atoms with Crippen molar-refractivity contribution in [1.29, 1.82) is 0 Å². The molecule has 0 amide bonds. The van der Waals surface area contributed by atoms with Crippen LogP contribution < -0.4 is 0 Å². The predicted octanol–water partition coefficient (Wildman–Crippen LogP) is 2.49. The van der Waals surface area contributed by atoms with E-state index in [0.29, 0.717) is 6.92 Å². The largest absolute Gasteiger partial charge is 0.491 e. The van der Waals surface area contributed by atoms with E-state index in [1.54, 1.807) is 0 Å². The lowest BCUT2D eigenvalue weighted by molar-refractivity contribution is -0.206. The molecule has 0 fully saturated rings. The highest BCUT2D eigenvalue weighted by atomic mass is 19.4. The molecule has 0 unspecified atom stereocenters. The Hall–Kier alpha value is -1.74. The predicted molar refractivity (Wildman–Crippen MR) is 47.5 cm³/mol. The van der Waals surface area contributed by atoms with Gasteiger partial charge < -0.3 is 9.47 Å². The molecule has 0 heterocycles. The second-order valence-corrected chi connectivity index (χ2v) is 3.06. The summed E-state index contributed by atoms with van der Waals surface area (Å²) in [5.74, 6) is -6.97. The highest BCUT2D eigenvalue weighted by Gasteiger charge is 2.48. The van der Waals surface area contributed by atoms with E-state index in [1.807, 2.05) is 0 Å². The molecular weight excluding hydrogens is 286 g/mol. The van der Waals surface area contributed by atoms with Crippen LogP contribution in [0, 0.1) is 0 Å². The number of ether oxygens (including phenoxy) is 2. The Labute approximate surface area is 103 Å². The van der Waals surface area contributed by atoms with Crippen molar-refractivity contribution in [3.63, 3.8) is 0 Å². The minimum absolute atomic E-state index is 0.297. The van der Waals surface area contributed by atoms with Crippen molar-refractivity contribution in [3.05, 3.63) is 11.3 Å². The van der Waals surface area contributed by atoms with Crippen LogP contribution >= 0.6 is 0 Å². The van der Waals surface area contributed by atoms with E-state index >= 15 is 0 Å². The van der Waals surface area contributed by atoms with Gasteiger partial charge in [-0.2, -0.15) is 26.3 Å². The van der Waals surface area contributed by atoms with Crippen molar-refractivity contribution < 1.29 is 45.4 Å². The Kier molecular flexibility index (Phi) is 5.39. The van der Waals surface area contributed by atoms with Crippen LogP contribution in [0.5, 0.6) is 0 Å². The van der Waals surface area contributed by atoms with E-state index in [4.69, 9.17) is 0 Å². The third-order valence-corrected chi connectivity index (χ3v) is 1.61. The van der Waals surface area contributed by atoms with Gasteiger partial charge in [0, 0.05) is 0 Å². The topological polar surface area (TPSA) is 52.6 Å². The van der Waals surface area contributed by atoms with Crippen LogP contribution in [0.3, 0.4) is 0 Å². The van der Waals surface area contributed by atoms with Gasteiger partial charge in [0.05, 0.1) is 12.2 Å². The molecule has 0 N–H and O–H groups in total. The Morgan fingerprint density at radius 2 is 1.47 bits per heavy atom. The third-order valence-electron chi connectivity index (χ3n) is 1.61. The van der Waals surface area contributed by atoms with Gasteiger partial charge >= 0.3 is 24.3 Å². The SMILES string of the molecule is CCOC(=O)/C(C)=C(\OC(=O)C(F)(F)F)C(F)(F)F. The zero-order chi connectivity index (χ0) is 15.4. The molecular formula is C9H8F6O4. The van der Waals surface area contributed by atoms with Crippen molar-refractivity contribution in [2.45, 2.75) is 26.2 Å². The molecule has 0 aliphatic carbocycles. The lowest BCUT2D eigenvalue weighted by Gasteiger charge is -2.15. The lowest BCUT2D eigenvalue weighted by atomic mass is 10.2. The Morgan fingerprint density at radius 1 is 1.00 bits per heavy atom. The minimum Gasteiger partial charge on any atom is -0.463 e. The van der Waals surface area contributed by atoms with Gasteiger partial charge in [-0.15, -0.1) is 0 Å². The molecule has 19 heavy (non-hydrogen) atoms. The van der Waals surface area contributed by atoms with Crippen molar-refractivity contribution in [2.24, 2.45) is 0 Å². The van der Waals surface area contributed by atoms with E-state index in [9.17, 15) is 35.9 Å². The molecule has 0 bridgehead atoms. The number of allylic oxidation sites excluding steroid dienone is 1. The van der Waals surface area contributed by atoms with Crippen molar-refractivity contribution in [1.82, 2.24) is 0 Å². The molecule has 0 radical (unpaired) electrons. The summed E-state index contributed by atoms with van der Waals surface area (Å²) in [6, 6.07) is 0. The molecule has 0 aliphatic rings. The van der Waals surface area contributed by atoms with Gasteiger partial charge in [-0.25, -0.2) is 9.59 Å². The normalized spacial score (nSPS) is 13.7. The van der Waals surface area contributed by atoms with Gasteiger partial charge in [0.25, 0.3) is 0 Å². The molecule has 0 aliphatic heterocycles. The standard InChI is InChI=1S/C9H8F6O4/c1-3-18-6(16)4(2)5(8(10,11)12)19-7(17)9(13,14)15/h3H2,1-2H3/b5-4-. The third kappa shape index (κ3) is 5.18. The number of esters is 2. The number of carbonyl (C=O) groups is 2. The number of carbonyl (C=O) groups excluding carboxylic acids is 2. The second kappa shape index (κ2) is 5.93. The fourth-order valence-corrected chi connectivity index (χ4v) is 0.830. The summed E-state index contributed by atoms with van der Waals surface area (Å²) in [5.41, 5.74) is -1.29. The molecule has 0 rings (SSSR count). The molecule has 0 saturated carbocycles. The maximum Gasteiger partial charge on any atom is 0.491 e. The van der Waals surface area contributed by atoms with Gasteiger partial charge in [0.2, 0.25) is 5.76 Å². The van der Waals surface area contributed by atoms with Crippen LogP contribution in [0.4, 0.5) is 26.3 Å². The number of halogens is 6. The van der Waals surface area contributed by atoms with Crippen LogP contribution in [0.15, 0.2) is 11.3 Å². The molecule has 110 valence electrons. The fourth-order valence-electron chi connectivity index (χ4n) is 0.830. The van der Waals surface area contributed by atoms with E-state index in [0.717, 1.165) is 0 Å². The maximum absolute atomic E-state index is 12.4. The van der Waals surface area contributed by atoms with Crippen molar-refractivity contribution in [2.75, 3.05) is 6.61 Å². The van der Waals surface area contributed by atoms with E-state index in [1.165, 1.54) is 6.92 Å². The van der Waals surface area contributed by atoms with E-state index in [-0.39, 0.29) is 6.61 Å². The molecule has 0 aromatic heterocycles. The van der Waals surface area contributed by atoms with Gasteiger partial charge in [0.15, 0.2) is 0 Å². The summed E-state index contributed by atoms with van der Waals surface area (Å²) in [7, 11) is 0. The highest BCUT2D eigenvalue weighted by molar-refractivity contribution is 5.89. The summed E-state index contributed by atoms with van der Waals surface area (Å²) in [6.07, 6.45) is -11.1. The molecule has 0 atom stereocenters. The summed E-state index contributed by atoms with van der Waals surface area (Å²) in [4.78, 5) is 21.4. The van der Waals surface area contributed by atoms with Gasteiger partial charge in [0.1, 0.15) is 0 Å². The first-order valence-electron chi connectivity index (χ1n) is 4.65. The second-order valence-electron chi connectivity index (χ2n) is 3.06. The molecule has 10 heteroatoms. The lowest BCUT2D eigenvalue weighted by Crippen LogP contribution is -2.30. The molecule has 4 nitrogen and oxygen atoms in total. The van der Waals surface area contributed by atoms with Crippen LogP contribution in [0.2, 0.25) is 0 Å². The number of hydrogen-bond acceptors (Lipinski definition) is 4. The molecule has 0 aromatic carbocycles. The Bertz CT molecular complexity index is 392. The van der Waals surface area contributed by atoms with Crippen LogP contribution in [0.1, 0.15) is 13.8 Å². The Balaban J connectivity index is 5.43. The number of rotatable bonds is 3. The zero-order valence-corrected chi connectivity index (χ0v) is 9.61. The number of alkyl halides is 6. The molecule has 0 aromatic rings. The van der Waals surface area contributed by atoms with Gasteiger partial charge in [-0.1, -0.05) is 0 Å². The van der Waals surface area contributed by atoms with Crippen molar-refractivity contribution in [3.8, 4) is 0 Å². The van der Waals surface area contributed by atoms with E-state index in [2.05, 4.69) is 9.47 Å². The van der Waals surface area contributed by atoms with Gasteiger partial charge in [-0.05, 0) is 13.8 Å². The minimum atomic E-state index is -5.62. The fraction of sp³-hybridized carbons (Fsp3) is 0.556. The van der Waals surface area contributed by atoms with E-state index < -0.39 is 35.6 Å². The summed E-state index contributed by atoms with van der Waals surface area (Å²) >= 11 is 0. The number of hydrogen-bond donors (Lipinski definition) is 0. The average molecular weight is 294 g/mol. The zero-order valence-electron chi connectivity index (χ0n) is 9.61. The first-order chi connectivity index (χ1) is 8.41. The average Bonchev–Trinajstić information content (AvgIpc) is 2.21. The first kappa shape index (κ1) is 17.3. The maximum atomic E-state index is 12.4. The summed E-state index contributed by atoms with van der Waals surface area (Å²) in [5, 5.41) is 0. The smallest absolute Gasteiger partial charge is 0.463 e. The van der Waals surface area contributed by atoms with Crippen LogP contribution in [-0.2, 0) is 19.1 Å². The van der Waals surface area contributed by atoms with Crippen LogP contribution in [-0.4, -0.2) is 30.9 Å². The first-order valence-corrected chi connectivity index (χ1v) is 4.65. The Morgan fingerprint density at radius 3 is 1.79 bits per heavy atom. The summed E-state index contributed by atoms with van der Waals surface area (Å²) in [6.45, 7) is 1.51. The van der Waals surface area contributed by atoms with Crippen molar-refractivity contribution >= 4 is 11.9 Å². The summed E-state index contributed by atoms with van der Waals surface area (Å²) < 4.78 is 80.1. The van der Waals surface area contributed by atoms with Gasteiger partial charge in [-0.3, -0.25) is 0 Å². The highest BCUT2D eigenvalue weighted by Crippen LogP contribution is 2.32. The quantitative estimate of drug-likeness (QED) is 0.347. The molecule has 0 spiro atoms. The monoisotopic (exact) mass is 294 g/mol. The molecule has 0 saturated heterocycles. The van der Waals surface area contributed by atoms with Crippen LogP contribution in [0.25, 0.3) is 0 Å².